The molecule has 0 radical (unpaired) electrons. The van der Waals surface area contributed by atoms with E-state index < -0.39 is 0 Å². The lowest BCUT2D eigenvalue weighted by atomic mass is 10.0. The average Bonchev–Trinajstić information content (AvgIpc) is 2.18. The lowest BCUT2D eigenvalue weighted by molar-refractivity contribution is 0.466. The highest BCUT2D eigenvalue weighted by molar-refractivity contribution is 5.42. The van der Waals surface area contributed by atoms with E-state index in [1.165, 1.54) is 5.56 Å². The minimum atomic E-state index is 0.440. The molecule has 0 aliphatic carbocycles. The fourth-order valence-electron chi connectivity index (χ4n) is 1.48. The third kappa shape index (κ3) is 3.41. The molecule has 0 unspecified atom stereocenters. The molecule has 0 aliphatic heterocycles. The monoisotopic (exact) mass is 194 g/mol. The Kier molecular flexibility index (Phi) is 6.02. The largest absolute Gasteiger partial charge is 0.507 e. The second-order valence-corrected chi connectivity index (χ2v) is 3.33. The standard InChI is InChI=1S/C11H16O.C2H6/c1-4-5-10-6-8(2)11(12)9(3)7-10;1-2/h6-7,12H,4-5H2,1-3H3;1-2H3. The van der Waals surface area contributed by atoms with Gasteiger partial charge in [0.2, 0.25) is 0 Å². The maximum atomic E-state index is 9.50. The Morgan fingerprint density at radius 3 is 1.86 bits per heavy atom. The zero-order valence-corrected chi connectivity index (χ0v) is 10.0. The van der Waals surface area contributed by atoms with Gasteiger partial charge in [0.05, 0.1) is 0 Å². The van der Waals surface area contributed by atoms with Gasteiger partial charge in [0.1, 0.15) is 5.75 Å². The molecule has 1 aromatic rings. The highest BCUT2D eigenvalue weighted by Gasteiger charge is 2.01. The van der Waals surface area contributed by atoms with Crippen molar-refractivity contribution in [3.8, 4) is 5.75 Å². The summed E-state index contributed by atoms with van der Waals surface area (Å²) in [7, 11) is 0. The first kappa shape index (κ1) is 13.0. The normalized spacial score (nSPS) is 9.21. The molecule has 80 valence electrons. The van der Waals surface area contributed by atoms with Gasteiger partial charge in [-0.2, -0.15) is 0 Å². The minimum Gasteiger partial charge on any atom is -0.507 e. The van der Waals surface area contributed by atoms with Crippen LogP contribution in [0.5, 0.6) is 5.75 Å². The molecule has 14 heavy (non-hydrogen) atoms. The van der Waals surface area contributed by atoms with E-state index in [0.29, 0.717) is 5.75 Å². The number of rotatable bonds is 2. The van der Waals surface area contributed by atoms with Gasteiger partial charge in [-0.3, -0.25) is 0 Å². The van der Waals surface area contributed by atoms with Crippen molar-refractivity contribution in [1.29, 1.82) is 0 Å². The van der Waals surface area contributed by atoms with Crippen molar-refractivity contribution < 1.29 is 5.11 Å². The molecule has 0 heterocycles. The first-order valence-corrected chi connectivity index (χ1v) is 5.44. The number of benzene rings is 1. The van der Waals surface area contributed by atoms with Crippen molar-refractivity contribution in [2.75, 3.05) is 0 Å². The Morgan fingerprint density at radius 1 is 1.07 bits per heavy atom. The van der Waals surface area contributed by atoms with Crippen LogP contribution in [0, 0.1) is 13.8 Å². The summed E-state index contributed by atoms with van der Waals surface area (Å²) in [5.41, 5.74) is 3.29. The first-order valence-electron chi connectivity index (χ1n) is 5.44. The molecule has 0 saturated heterocycles. The summed E-state index contributed by atoms with van der Waals surface area (Å²) in [4.78, 5) is 0. The van der Waals surface area contributed by atoms with Gasteiger partial charge in [0, 0.05) is 0 Å². The topological polar surface area (TPSA) is 20.2 Å². The Labute approximate surface area is 87.8 Å². The molecule has 0 spiro atoms. The maximum absolute atomic E-state index is 9.50. The van der Waals surface area contributed by atoms with Gasteiger partial charge in [-0.1, -0.05) is 39.3 Å². The average molecular weight is 194 g/mol. The molecule has 1 nitrogen and oxygen atoms in total. The molecule has 0 aromatic heterocycles. The van der Waals surface area contributed by atoms with Crippen LogP contribution < -0.4 is 0 Å². The van der Waals surface area contributed by atoms with E-state index in [2.05, 4.69) is 19.1 Å². The van der Waals surface area contributed by atoms with Crippen LogP contribution in [0.3, 0.4) is 0 Å². The van der Waals surface area contributed by atoms with Crippen LogP contribution in [0.25, 0.3) is 0 Å². The second kappa shape index (κ2) is 6.47. The van der Waals surface area contributed by atoms with Gasteiger partial charge >= 0.3 is 0 Å². The fourth-order valence-corrected chi connectivity index (χ4v) is 1.48. The highest BCUT2D eigenvalue weighted by atomic mass is 16.3. The van der Waals surface area contributed by atoms with Crippen LogP contribution in [0.2, 0.25) is 0 Å². The van der Waals surface area contributed by atoms with E-state index >= 15 is 0 Å². The quantitative estimate of drug-likeness (QED) is 0.754. The smallest absolute Gasteiger partial charge is 0.121 e. The van der Waals surface area contributed by atoms with Gasteiger partial charge < -0.3 is 5.11 Å². The molecule has 1 aromatic carbocycles. The molecule has 0 bridgehead atoms. The molecule has 0 aliphatic rings. The number of phenolic OH excluding ortho intramolecular Hbond substituents is 1. The van der Waals surface area contributed by atoms with Crippen LogP contribution in [-0.4, -0.2) is 5.11 Å². The summed E-state index contributed by atoms with van der Waals surface area (Å²) in [6, 6.07) is 4.12. The number of aryl methyl sites for hydroxylation is 3. The molecule has 1 rings (SSSR count). The van der Waals surface area contributed by atoms with Crippen molar-refractivity contribution >= 4 is 0 Å². The number of hydrogen-bond acceptors (Lipinski definition) is 1. The molecule has 0 saturated carbocycles. The summed E-state index contributed by atoms with van der Waals surface area (Å²) in [5.74, 6) is 0.440. The van der Waals surface area contributed by atoms with Crippen molar-refractivity contribution in [3.05, 3.63) is 28.8 Å². The highest BCUT2D eigenvalue weighted by Crippen LogP contribution is 2.23. The van der Waals surface area contributed by atoms with Crippen molar-refractivity contribution in [1.82, 2.24) is 0 Å². The summed E-state index contributed by atoms with van der Waals surface area (Å²) >= 11 is 0. The Hall–Kier alpha value is -0.980. The van der Waals surface area contributed by atoms with Crippen LogP contribution in [-0.2, 0) is 6.42 Å². The van der Waals surface area contributed by atoms with Crippen LogP contribution in [0.15, 0.2) is 12.1 Å². The third-order valence-corrected chi connectivity index (χ3v) is 2.09. The van der Waals surface area contributed by atoms with E-state index in [1.807, 2.05) is 27.7 Å². The summed E-state index contributed by atoms with van der Waals surface area (Å²) in [6.45, 7) is 10.1. The van der Waals surface area contributed by atoms with Crippen LogP contribution in [0.1, 0.15) is 43.9 Å². The summed E-state index contributed by atoms with van der Waals surface area (Å²) in [5, 5.41) is 9.50. The second-order valence-electron chi connectivity index (χ2n) is 3.33. The zero-order valence-electron chi connectivity index (χ0n) is 10.0. The van der Waals surface area contributed by atoms with Gasteiger partial charge in [0.15, 0.2) is 0 Å². The fraction of sp³-hybridized carbons (Fsp3) is 0.538. The van der Waals surface area contributed by atoms with E-state index in [4.69, 9.17) is 0 Å². The predicted molar refractivity (Wildman–Crippen MR) is 62.9 cm³/mol. The summed E-state index contributed by atoms with van der Waals surface area (Å²) < 4.78 is 0. The van der Waals surface area contributed by atoms with Gasteiger partial charge in [-0.05, 0) is 37.0 Å². The van der Waals surface area contributed by atoms with Crippen LogP contribution >= 0.6 is 0 Å². The van der Waals surface area contributed by atoms with Gasteiger partial charge in [-0.15, -0.1) is 0 Å². The number of phenols is 1. The molecule has 0 atom stereocenters. The number of aromatic hydroxyl groups is 1. The van der Waals surface area contributed by atoms with Crippen molar-refractivity contribution in [2.45, 2.75) is 47.5 Å². The maximum Gasteiger partial charge on any atom is 0.121 e. The van der Waals surface area contributed by atoms with Crippen molar-refractivity contribution in [3.63, 3.8) is 0 Å². The first-order chi connectivity index (χ1) is 6.65. The molecule has 0 fully saturated rings. The third-order valence-electron chi connectivity index (χ3n) is 2.09. The molecular weight excluding hydrogens is 172 g/mol. The SMILES string of the molecule is CC.CCCc1cc(C)c(O)c(C)c1. The molecule has 1 N–H and O–H groups in total. The van der Waals surface area contributed by atoms with E-state index in [1.54, 1.807) is 0 Å². The predicted octanol–water partition coefficient (Wildman–Crippen LogP) is 3.99. The lowest BCUT2D eigenvalue weighted by Crippen LogP contribution is -1.87. The van der Waals surface area contributed by atoms with E-state index in [-0.39, 0.29) is 0 Å². The minimum absolute atomic E-state index is 0.440. The van der Waals surface area contributed by atoms with E-state index in [9.17, 15) is 5.11 Å². The lowest BCUT2D eigenvalue weighted by Gasteiger charge is -2.06. The van der Waals surface area contributed by atoms with E-state index in [0.717, 1.165) is 24.0 Å². The Balaban J connectivity index is 0.000000791. The molecule has 1 heteroatoms. The van der Waals surface area contributed by atoms with Gasteiger partial charge in [0.25, 0.3) is 0 Å². The number of hydrogen-bond donors (Lipinski definition) is 1. The zero-order chi connectivity index (χ0) is 11.1. The Morgan fingerprint density at radius 2 is 1.50 bits per heavy atom. The molecular formula is C13H22O. The van der Waals surface area contributed by atoms with Crippen LogP contribution in [0.4, 0.5) is 0 Å². The van der Waals surface area contributed by atoms with Gasteiger partial charge in [-0.25, -0.2) is 0 Å². The Bertz CT molecular complexity index is 254. The van der Waals surface area contributed by atoms with Crippen molar-refractivity contribution in [2.24, 2.45) is 0 Å². The summed E-state index contributed by atoms with van der Waals surface area (Å²) in [6.07, 6.45) is 2.26. The molecule has 0 amide bonds.